The monoisotopic (exact) mass is 512 g/mol. The number of hydrogen-bond acceptors (Lipinski definition) is 4. The van der Waals surface area contributed by atoms with Gasteiger partial charge in [0.15, 0.2) is 5.96 Å². The van der Waals surface area contributed by atoms with Crippen molar-refractivity contribution in [3.8, 4) is 0 Å². The van der Waals surface area contributed by atoms with Crippen molar-refractivity contribution in [1.82, 2.24) is 14.9 Å². The predicted octanol–water partition coefficient (Wildman–Crippen LogP) is 2.23. The van der Waals surface area contributed by atoms with E-state index in [1.165, 1.54) is 17.6 Å². The van der Waals surface area contributed by atoms with Crippen LogP contribution in [0.15, 0.2) is 40.2 Å². The first kappa shape index (κ1) is 23.5. The number of aliphatic imine (C=N–C) groups is 1. The largest absolute Gasteiger partial charge is 0.356 e. The maximum absolute atomic E-state index is 11.0. The summed E-state index contributed by atoms with van der Waals surface area (Å²) in [6.45, 7) is 3.18. The maximum atomic E-state index is 11.0. The number of nitrogens with one attached hydrogen (secondary N) is 2. The summed E-state index contributed by atoms with van der Waals surface area (Å²) in [4.78, 5) is 7.97. The van der Waals surface area contributed by atoms with Crippen LogP contribution in [-0.2, 0) is 10.0 Å². The number of sulfonamides is 1. The Kier molecular flexibility index (Phi) is 10.9. The van der Waals surface area contributed by atoms with Crippen LogP contribution in [0.1, 0.15) is 12.8 Å². The standard InChI is InChI=1S/C17H28N4O2S2.HI/c1-18-17(19-10-6-11-20-25(2,22)23)21-12-9-15(13-21)14-24-16-7-4-3-5-8-16;/h3-5,7-8,15,20H,6,9-14H2,1-2H3,(H,18,19);1H. The van der Waals surface area contributed by atoms with Crippen LogP contribution in [0.2, 0.25) is 0 Å². The molecule has 1 aromatic rings. The third-order valence-electron chi connectivity index (χ3n) is 4.03. The molecule has 2 N–H and O–H groups in total. The van der Waals surface area contributed by atoms with Crippen molar-refractivity contribution in [3.63, 3.8) is 0 Å². The molecule has 0 aromatic heterocycles. The van der Waals surface area contributed by atoms with E-state index in [0.29, 0.717) is 19.0 Å². The lowest BCUT2D eigenvalue weighted by Crippen LogP contribution is -2.41. The van der Waals surface area contributed by atoms with Crippen molar-refractivity contribution in [2.24, 2.45) is 10.9 Å². The Balaban J connectivity index is 0.00000338. The molecule has 6 nitrogen and oxygen atoms in total. The molecule has 0 spiro atoms. The van der Waals surface area contributed by atoms with Crippen LogP contribution in [0.3, 0.4) is 0 Å². The maximum Gasteiger partial charge on any atom is 0.208 e. The number of nitrogens with zero attached hydrogens (tertiary/aromatic N) is 2. The van der Waals surface area contributed by atoms with Crippen molar-refractivity contribution in [2.75, 3.05) is 45.2 Å². The molecular formula is C17H29IN4O2S2. The summed E-state index contributed by atoms with van der Waals surface area (Å²) < 4.78 is 24.6. The molecule has 1 saturated heterocycles. The average molecular weight is 512 g/mol. The summed E-state index contributed by atoms with van der Waals surface area (Å²) in [5.41, 5.74) is 0. The summed E-state index contributed by atoms with van der Waals surface area (Å²) in [6.07, 6.45) is 3.08. The van der Waals surface area contributed by atoms with Gasteiger partial charge in [-0.3, -0.25) is 4.99 Å². The zero-order valence-corrected chi connectivity index (χ0v) is 19.3. The van der Waals surface area contributed by atoms with Gasteiger partial charge in [0.05, 0.1) is 6.26 Å². The highest BCUT2D eigenvalue weighted by Crippen LogP contribution is 2.25. The molecule has 1 heterocycles. The first-order chi connectivity index (χ1) is 12.0. The van der Waals surface area contributed by atoms with E-state index in [2.05, 4.69) is 44.2 Å². The van der Waals surface area contributed by atoms with Crippen LogP contribution in [-0.4, -0.2) is 64.5 Å². The van der Waals surface area contributed by atoms with Gasteiger partial charge in [0.1, 0.15) is 0 Å². The van der Waals surface area contributed by atoms with Crippen molar-refractivity contribution in [1.29, 1.82) is 0 Å². The van der Waals surface area contributed by atoms with Gasteiger partial charge in [-0.25, -0.2) is 13.1 Å². The van der Waals surface area contributed by atoms with Gasteiger partial charge in [0.25, 0.3) is 0 Å². The lowest BCUT2D eigenvalue weighted by molar-refractivity contribution is 0.473. The predicted molar refractivity (Wildman–Crippen MR) is 121 cm³/mol. The van der Waals surface area contributed by atoms with E-state index in [1.807, 2.05) is 17.8 Å². The minimum absolute atomic E-state index is 0. The first-order valence-electron chi connectivity index (χ1n) is 8.56. The molecule has 0 radical (unpaired) electrons. The molecule has 2 rings (SSSR count). The summed E-state index contributed by atoms with van der Waals surface area (Å²) in [7, 11) is -1.31. The molecule has 1 aromatic carbocycles. The normalized spacial score (nSPS) is 17.8. The molecule has 1 unspecified atom stereocenters. The van der Waals surface area contributed by atoms with Crippen molar-refractivity contribution in [2.45, 2.75) is 17.7 Å². The van der Waals surface area contributed by atoms with E-state index >= 15 is 0 Å². The Labute approximate surface area is 178 Å². The molecule has 1 aliphatic rings. The van der Waals surface area contributed by atoms with Crippen LogP contribution < -0.4 is 10.0 Å². The highest BCUT2D eigenvalue weighted by molar-refractivity contribution is 14.0. The molecule has 1 aliphatic heterocycles. The lowest BCUT2D eigenvalue weighted by Gasteiger charge is -2.21. The third-order valence-corrected chi connectivity index (χ3v) is 6.00. The highest BCUT2D eigenvalue weighted by Gasteiger charge is 2.24. The second kappa shape index (κ2) is 12.0. The molecule has 1 fully saturated rings. The van der Waals surface area contributed by atoms with E-state index < -0.39 is 10.0 Å². The number of likely N-dealkylation sites (tertiary alicyclic amines) is 1. The SMILES string of the molecule is CN=C(NCCCNS(C)(=O)=O)N1CCC(CSc2ccccc2)C1.I. The first-order valence-corrected chi connectivity index (χ1v) is 11.4. The zero-order chi connectivity index (χ0) is 18.1. The number of thioether (sulfide) groups is 1. The Morgan fingerprint density at radius 1 is 1.31 bits per heavy atom. The fourth-order valence-electron chi connectivity index (χ4n) is 2.77. The molecule has 0 saturated carbocycles. The van der Waals surface area contributed by atoms with E-state index in [0.717, 1.165) is 31.2 Å². The summed E-state index contributed by atoms with van der Waals surface area (Å²) in [5.74, 6) is 2.69. The van der Waals surface area contributed by atoms with Crippen LogP contribution >= 0.6 is 35.7 Å². The lowest BCUT2D eigenvalue weighted by atomic mass is 10.2. The molecule has 0 amide bonds. The van der Waals surface area contributed by atoms with Gasteiger partial charge in [0, 0.05) is 43.9 Å². The van der Waals surface area contributed by atoms with Crippen LogP contribution in [0, 0.1) is 5.92 Å². The van der Waals surface area contributed by atoms with Gasteiger partial charge >= 0.3 is 0 Å². The molecule has 0 aliphatic carbocycles. The Hall–Kier alpha value is -0.520. The van der Waals surface area contributed by atoms with Crippen LogP contribution in [0.25, 0.3) is 0 Å². The number of hydrogen-bond donors (Lipinski definition) is 2. The van der Waals surface area contributed by atoms with E-state index in [-0.39, 0.29) is 24.0 Å². The summed E-state index contributed by atoms with van der Waals surface area (Å²) in [6, 6.07) is 10.5. The molecule has 0 bridgehead atoms. The molecule has 148 valence electrons. The number of rotatable bonds is 8. The second-order valence-electron chi connectivity index (χ2n) is 6.22. The summed E-state index contributed by atoms with van der Waals surface area (Å²) in [5, 5.41) is 3.33. The molecule has 9 heteroatoms. The minimum Gasteiger partial charge on any atom is -0.356 e. The highest BCUT2D eigenvalue weighted by atomic mass is 127. The van der Waals surface area contributed by atoms with Gasteiger partial charge in [-0.2, -0.15) is 0 Å². The van der Waals surface area contributed by atoms with Crippen molar-refractivity contribution < 1.29 is 8.42 Å². The number of guanidine groups is 1. The van der Waals surface area contributed by atoms with E-state index in [4.69, 9.17) is 0 Å². The number of halogens is 1. The Morgan fingerprint density at radius 2 is 2.04 bits per heavy atom. The van der Waals surface area contributed by atoms with Gasteiger partial charge in [-0.15, -0.1) is 35.7 Å². The number of benzene rings is 1. The van der Waals surface area contributed by atoms with Gasteiger partial charge in [-0.05, 0) is 30.9 Å². The van der Waals surface area contributed by atoms with Gasteiger partial charge < -0.3 is 10.2 Å². The quantitative estimate of drug-likeness (QED) is 0.184. The average Bonchev–Trinajstić information content (AvgIpc) is 3.05. The topological polar surface area (TPSA) is 73.8 Å². The third kappa shape index (κ3) is 8.92. The second-order valence-corrected chi connectivity index (χ2v) is 9.15. The fourth-order valence-corrected chi connectivity index (χ4v) is 4.34. The zero-order valence-electron chi connectivity index (χ0n) is 15.3. The van der Waals surface area contributed by atoms with Crippen molar-refractivity contribution in [3.05, 3.63) is 30.3 Å². The molecule has 26 heavy (non-hydrogen) atoms. The van der Waals surface area contributed by atoms with Gasteiger partial charge in [-0.1, -0.05) is 18.2 Å². The molecular weight excluding hydrogens is 483 g/mol. The van der Waals surface area contributed by atoms with Crippen molar-refractivity contribution >= 4 is 51.7 Å². The van der Waals surface area contributed by atoms with Crippen LogP contribution in [0.5, 0.6) is 0 Å². The fraction of sp³-hybridized carbons (Fsp3) is 0.588. The summed E-state index contributed by atoms with van der Waals surface area (Å²) >= 11 is 1.91. The Bertz CT molecular complexity index is 656. The smallest absolute Gasteiger partial charge is 0.208 e. The van der Waals surface area contributed by atoms with Crippen LogP contribution in [0.4, 0.5) is 0 Å². The van der Waals surface area contributed by atoms with E-state index in [9.17, 15) is 8.42 Å². The Morgan fingerprint density at radius 3 is 2.69 bits per heavy atom. The molecule has 1 atom stereocenters. The van der Waals surface area contributed by atoms with Gasteiger partial charge in [0.2, 0.25) is 10.0 Å². The minimum atomic E-state index is -3.10. The van der Waals surface area contributed by atoms with E-state index in [1.54, 1.807) is 7.05 Å².